The Labute approximate surface area is 245 Å². The van der Waals surface area contributed by atoms with Gasteiger partial charge in [0, 0.05) is 33.3 Å². The van der Waals surface area contributed by atoms with E-state index in [2.05, 4.69) is 34.8 Å². The molecule has 4 heterocycles. The molecule has 1 aliphatic rings. The molecule has 1 atom stereocenters. The first-order valence-electron chi connectivity index (χ1n) is 13.0. The molecule has 4 aromatic rings. The Balaban J connectivity index is 1.69. The highest BCUT2D eigenvalue weighted by atomic mass is 35.5. The summed E-state index contributed by atoms with van der Waals surface area (Å²) < 4.78 is 54.9. The molecular weight excluding hydrogens is 586 g/mol. The third-order valence-corrected chi connectivity index (χ3v) is 10.8. The second-order valence-corrected chi connectivity index (χ2v) is 19.0. The average molecular weight is 618 g/mol. The van der Waals surface area contributed by atoms with Crippen molar-refractivity contribution in [3.05, 3.63) is 59.6 Å². The summed E-state index contributed by atoms with van der Waals surface area (Å²) in [5.74, 6) is 2.15. The lowest BCUT2D eigenvalue weighted by molar-refractivity contribution is 0.285. The van der Waals surface area contributed by atoms with Gasteiger partial charge in [-0.25, -0.2) is 12.7 Å². The van der Waals surface area contributed by atoms with E-state index in [9.17, 15) is 8.42 Å². The number of furan rings is 1. The number of hydrogen-bond acceptors (Lipinski definition) is 9. The zero-order valence-electron chi connectivity index (χ0n) is 23.5. The van der Waals surface area contributed by atoms with Crippen LogP contribution in [-0.2, 0) is 16.4 Å². The molecule has 0 amide bonds. The predicted octanol–water partition coefficient (Wildman–Crippen LogP) is 5.07. The molecule has 1 aromatic carbocycles. The number of aromatic nitrogens is 4. The monoisotopic (exact) mass is 617 g/mol. The average Bonchev–Trinajstić information content (AvgIpc) is 3.62. The van der Waals surface area contributed by atoms with E-state index < -0.39 is 23.3 Å². The van der Waals surface area contributed by atoms with E-state index in [1.54, 1.807) is 41.0 Å². The lowest BCUT2D eigenvalue weighted by Gasteiger charge is -2.32. The molecule has 0 bridgehead atoms. The minimum Gasteiger partial charge on any atom is -0.494 e. The molecule has 11 nitrogen and oxygen atoms in total. The predicted molar refractivity (Wildman–Crippen MR) is 159 cm³/mol. The van der Waals surface area contributed by atoms with Crippen LogP contribution >= 0.6 is 11.6 Å². The molecule has 3 aromatic heterocycles. The van der Waals surface area contributed by atoms with Gasteiger partial charge < -0.3 is 18.6 Å². The number of pyridine rings is 1. The Morgan fingerprint density at radius 3 is 2.49 bits per heavy atom. The standard InChI is InChI=1S/C27H32ClN5O6SSi/c1-36-21-8-6-9-22(37-2)25(21)33-26(23-10-7-12-38-23)30-31-27(33)32(11-13-41(3,4)5)40(34,35)19-15-20-24(39-17-19)14-18(28)16-29-20/h6-10,12,14,16,19H,11,13,15,17H2,1-5H3/t19-/m0/s1. The topological polar surface area (TPSA) is 122 Å². The smallest absolute Gasteiger partial charge is 0.246 e. The van der Waals surface area contributed by atoms with Gasteiger partial charge in [-0.2, -0.15) is 0 Å². The van der Waals surface area contributed by atoms with E-state index in [1.807, 2.05) is 0 Å². The molecule has 0 aliphatic carbocycles. The molecule has 0 saturated carbocycles. The number of nitrogens with zero attached hydrogens (tertiary/aromatic N) is 5. The van der Waals surface area contributed by atoms with Gasteiger partial charge in [0.25, 0.3) is 0 Å². The van der Waals surface area contributed by atoms with Gasteiger partial charge in [-0.3, -0.25) is 9.55 Å². The summed E-state index contributed by atoms with van der Waals surface area (Å²) in [7, 11) is -2.70. The van der Waals surface area contributed by atoms with Gasteiger partial charge in [0.2, 0.25) is 21.8 Å². The number of sulfonamides is 1. The van der Waals surface area contributed by atoms with Gasteiger partial charge in [-0.15, -0.1) is 10.2 Å². The number of fused-ring (bicyclic) bond motifs is 1. The van der Waals surface area contributed by atoms with E-state index in [1.165, 1.54) is 31.0 Å². The number of methoxy groups -OCH3 is 2. The third-order valence-electron chi connectivity index (χ3n) is 6.77. The molecule has 5 rings (SSSR count). The molecule has 41 heavy (non-hydrogen) atoms. The van der Waals surface area contributed by atoms with Crippen LogP contribution in [0.5, 0.6) is 17.2 Å². The maximum absolute atomic E-state index is 14.5. The van der Waals surface area contributed by atoms with Crippen molar-refractivity contribution >= 4 is 35.6 Å². The first-order valence-corrected chi connectivity index (χ1v) is 18.6. The van der Waals surface area contributed by atoms with Crippen LogP contribution < -0.4 is 18.5 Å². The lowest BCUT2D eigenvalue weighted by Crippen LogP contribution is -2.47. The van der Waals surface area contributed by atoms with E-state index in [-0.39, 0.29) is 25.5 Å². The van der Waals surface area contributed by atoms with Crippen LogP contribution in [0, 0.1) is 0 Å². The van der Waals surface area contributed by atoms with Gasteiger partial charge in [-0.1, -0.05) is 37.3 Å². The second kappa shape index (κ2) is 11.4. The van der Waals surface area contributed by atoms with Crippen LogP contribution in [-0.4, -0.2) is 68.9 Å². The summed E-state index contributed by atoms with van der Waals surface area (Å²) in [5.41, 5.74) is 0.974. The summed E-state index contributed by atoms with van der Waals surface area (Å²) in [5, 5.41) is 8.37. The fourth-order valence-corrected chi connectivity index (χ4v) is 7.46. The van der Waals surface area contributed by atoms with Crippen molar-refractivity contribution in [2.45, 2.75) is 37.4 Å². The van der Waals surface area contributed by atoms with Gasteiger partial charge >= 0.3 is 0 Å². The molecule has 0 N–H and O–H groups in total. The Bertz CT molecular complexity index is 1620. The summed E-state index contributed by atoms with van der Waals surface area (Å²) >= 11 is 6.08. The molecular formula is C27H32ClN5O6SSi. The van der Waals surface area contributed by atoms with Gasteiger partial charge in [-0.05, 0) is 30.3 Å². The number of rotatable bonds is 10. The molecule has 0 radical (unpaired) electrons. The zero-order valence-corrected chi connectivity index (χ0v) is 26.1. The minimum atomic E-state index is -4.06. The van der Waals surface area contributed by atoms with Crippen molar-refractivity contribution in [3.63, 3.8) is 0 Å². The maximum Gasteiger partial charge on any atom is 0.246 e. The summed E-state index contributed by atoms with van der Waals surface area (Å²) in [6.45, 7) is 6.70. The number of hydrogen-bond donors (Lipinski definition) is 0. The third kappa shape index (κ3) is 5.79. The normalized spacial score (nSPS) is 15.2. The second-order valence-electron chi connectivity index (χ2n) is 10.8. The van der Waals surface area contributed by atoms with E-state index >= 15 is 0 Å². The summed E-state index contributed by atoms with van der Waals surface area (Å²) in [6, 6.07) is 11.1. The van der Waals surface area contributed by atoms with Crippen LogP contribution in [0.1, 0.15) is 5.69 Å². The van der Waals surface area contributed by atoms with E-state index in [0.717, 1.165) is 0 Å². The minimum absolute atomic E-state index is 0.0576. The van der Waals surface area contributed by atoms with E-state index in [0.29, 0.717) is 51.3 Å². The highest BCUT2D eigenvalue weighted by Gasteiger charge is 2.40. The van der Waals surface area contributed by atoms with Crippen molar-refractivity contribution in [1.82, 2.24) is 19.7 Å². The van der Waals surface area contributed by atoms with Crippen molar-refractivity contribution in [1.29, 1.82) is 0 Å². The number of ether oxygens (including phenoxy) is 3. The van der Waals surface area contributed by atoms with Crippen LogP contribution in [0.15, 0.2) is 53.3 Å². The molecule has 0 unspecified atom stereocenters. The quantitative estimate of drug-likeness (QED) is 0.224. The Morgan fingerprint density at radius 2 is 1.85 bits per heavy atom. The molecule has 218 valence electrons. The zero-order chi connectivity index (χ0) is 29.4. The van der Waals surface area contributed by atoms with Gasteiger partial charge in [0.15, 0.2) is 5.76 Å². The Hall–Kier alpha value is -3.55. The number of halogens is 1. The fourth-order valence-electron chi connectivity index (χ4n) is 4.59. The van der Waals surface area contributed by atoms with Gasteiger partial charge in [0.05, 0.1) is 31.2 Å². The lowest BCUT2D eigenvalue weighted by atomic mass is 10.1. The SMILES string of the molecule is COc1cccc(OC)c1-n1c(-c2ccco2)nnc1N(CC[Si](C)(C)C)S(=O)(=O)[C@@H]1COc2cc(Cl)cnc2C1. The number of benzene rings is 1. The first-order chi connectivity index (χ1) is 19.5. The molecule has 0 saturated heterocycles. The van der Waals surface area contributed by atoms with Gasteiger partial charge in [0.1, 0.15) is 34.8 Å². The Morgan fingerprint density at radius 1 is 1.12 bits per heavy atom. The highest BCUT2D eigenvalue weighted by Crippen LogP contribution is 2.40. The van der Waals surface area contributed by atoms with Crippen molar-refractivity contribution in [3.8, 4) is 34.5 Å². The number of para-hydroxylation sites is 1. The summed E-state index contributed by atoms with van der Waals surface area (Å²) in [4.78, 5) is 4.34. The summed E-state index contributed by atoms with van der Waals surface area (Å²) in [6.07, 6.45) is 3.17. The van der Waals surface area contributed by atoms with Crippen LogP contribution in [0.25, 0.3) is 17.3 Å². The molecule has 14 heteroatoms. The molecule has 1 aliphatic heterocycles. The number of anilines is 1. The molecule has 0 spiro atoms. The van der Waals surface area contributed by atoms with E-state index in [4.69, 9.17) is 30.2 Å². The highest BCUT2D eigenvalue weighted by molar-refractivity contribution is 7.93. The van der Waals surface area contributed by atoms with Crippen molar-refractivity contribution in [2.24, 2.45) is 0 Å². The van der Waals surface area contributed by atoms with Crippen LogP contribution in [0.2, 0.25) is 30.7 Å². The first kappa shape index (κ1) is 29.0. The van der Waals surface area contributed by atoms with Crippen LogP contribution in [0.4, 0.5) is 5.95 Å². The fraction of sp³-hybridized carbons (Fsp3) is 0.370. The van der Waals surface area contributed by atoms with Crippen molar-refractivity contribution < 1.29 is 27.0 Å². The molecule has 0 fully saturated rings. The largest absolute Gasteiger partial charge is 0.494 e. The van der Waals surface area contributed by atoms with Crippen LogP contribution in [0.3, 0.4) is 0 Å². The maximum atomic E-state index is 14.5. The van der Waals surface area contributed by atoms with Crippen molar-refractivity contribution in [2.75, 3.05) is 31.7 Å². The Kier molecular flexibility index (Phi) is 8.03.